The summed E-state index contributed by atoms with van der Waals surface area (Å²) in [6.07, 6.45) is 3.19. The third-order valence-electron chi connectivity index (χ3n) is 3.90. The van der Waals surface area contributed by atoms with Gasteiger partial charge in [-0.05, 0) is 42.0 Å². The van der Waals surface area contributed by atoms with E-state index in [2.05, 4.69) is 10.1 Å². The molecular formula is C18H14ClN3O2. The van der Waals surface area contributed by atoms with Gasteiger partial charge in [0.2, 0.25) is 0 Å². The molecule has 0 amide bonds. The Morgan fingerprint density at radius 1 is 1.12 bits per heavy atom. The molecule has 0 N–H and O–H groups in total. The van der Waals surface area contributed by atoms with Gasteiger partial charge in [-0.1, -0.05) is 23.7 Å². The lowest BCUT2D eigenvalue weighted by Crippen LogP contribution is -2.12. The molecule has 0 radical (unpaired) electrons. The van der Waals surface area contributed by atoms with Crippen molar-refractivity contribution in [1.82, 2.24) is 14.8 Å². The van der Waals surface area contributed by atoms with Gasteiger partial charge in [-0.15, -0.1) is 0 Å². The number of aromatic nitrogens is 3. The zero-order valence-electron chi connectivity index (χ0n) is 12.9. The van der Waals surface area contributed by atoms with Crippen LogP contribution in [0, 0.1) is 0 Å². The van der Waals surface area contributed by atoms with Crippen LogP contribution in [0.15, 0.2) is 65.6 Å². The lowest BCUT2D eigenvalue weighted by molar-refractivity contribution is 0.414. The van der Waals surface area contributed by atoms with Crippen LogP contribution in [0.1, 0.15) is 17.4 Å². The fourth-order valence-electron chi connectivity index (χ4n) is 2.75. The molecule has 0 spiro atoms. The number of ether oxygens (including phenoxy) is 1. The summed E-state index contributed by atoms with van der Waals surface area (Å²) in [6, 6.07) is 15.1. The van der Waals surface area contributed by atoms with E-state index in [-0.39, 0.29) is 6.04 Å². The molecule has 1 atom stereocenters. The Bertz CT molecular complexity index is 962. The standard InChI is InChI=1S/C18H14ClN3O2/c1-23-15-5-2-12(3-6-15)18(22-11-20-10-21-22)17-9-13-8-14(19)4-7-16(13)24-17/h2-11,18H,1H3. The molecule has 2 aromatic carbocycles. The first-order valence-electron chi connectivity index (χ1n) is 7.41. The van der Waals surface area contributed by atoms with Crippen LogP contribution in [0.3, 0.4) is 0 Å². The molecule has 0 bridgehead atoms. The third-order valence-corrected chi connectivity index (χ3v) is 4.13. The number of hydrogen-bond donors (Lipinski definition) is 0. The minimum absolute atomic E-state index is 0.218. The highest BCUT2D eigenvalue weighted by Crippen LogP contribution is 2.32. The highest BCUT2D eigenvalue weighted by atomic mass is 35.5. The van der Waals surface area contributed by atoms with Crippen LogP contribution in [-0.2, 0) is 0 Å². The topological polar surface area (TPSA) is 53.1 Å². The molecule has 0 aliphatic rings. The molecule has 2 aromatic heterocycles. The summed E-state index contributed by atoms with van der Waals surface area (Å²) in [5.41, 5.74) is 1.81. The van der Waals surface area contributed by atoms with Crippen molar-refractivity contribution in [3.63, 3.8) is 0 Å². The van der Waals surface area contributed by atoms with Gasteiger partial charge in [0, 0.05) is 10.4 Å². The Hall–Kier alpha value is -2.79. The number of fused-ring (bicyclic) bond motifs is 1. The molecule has 4 rings (SSSR count). The normalized spacial score (nSPS) is 12.4. The predicted octanol–water partition coefficient (Wildman–Crippen LogP) is 4.32. The van der Waals surface area contributed by atoms with Crippen LogP contribution < -0.4 is 4.74 Å². The summed E-state index contributed by atoms with van der Waals surface area (Å²) in [5.74, 6) is 1.57. The van der Waals surface area contributed by atoms with Gasteiger partial charge in [0.15, 0.2) is 0 Å². The van der Waals surface area contributed by atoms with E-state index in [1.165, 1.54) is 6.33 Å². The van der Waals surface area contributed by atoms with Gasteiger partial charge < -0.3 is 9.15 Å². The van der Waals surface area contributed by atoms with Crippen molar-refractivity contribution in [3.05, 3.63) is 77.5 Å². The number of rotatable bonds is 4. The van der Waals surface area contributed by atoms with E-state index in [1.54, 1.807) is 18.1 Å². The Morgan fingerprint density at radius 3 is 2.67 bits per heavy atom. The molecule has 24 heavy (non-hydrogen) atoms. The molecular weight excluding hydrogens is 326 g/mol. The quantitative estimate of drug-likeness (QED) is 0.555. The van der Waals surface area contributed by atoms with E-state index >= 15 is 0 Å². The van der Waals surface area contributed by atoms with Crippen LogP contribution in [0.4, 0.5) is 0 Å². The van der Waals surface area contributed by atoms with Gasteiger partial charge in [0.1, 0.15) is 35.8 Å². The molecule has 0 saturated heterocycles. The minimum atomic E-state index is -0.218. The second-order valence-electron chi connectivity index (χ2n) is 5.38. The summed E-state index contributed by atoms with van der Waals surface area (Å²) >= 11 is 6.07. The maximum Gasteiger partial charge on any atom is 0.137 e. The smallest absolute Gasteiger partial charge is 0.137 e. The molecule has 5 nitrogen and oxygen atoms in total. The first kappa shape index (κ1) is 14.8. The van der Waals surface area contributed by atoms with Crippen molar-refractivity contribution in [1.29, 1.82) is 0 Å². The van der Waals surface area contributed by atoms with Gasteiger partial charge >= 0.3 is 0 Å². The zero-order valence-corrected chi connectivity index (χ0v) is 13.6. The lowest BCUT2D eigenvalue weighted by atomic mass is 10.0. The molecule has 0 aliphatic carbocycles. The largest absolute Gasteiger partial charge is 0.497 e. The monoisotopic (exact) mass is 339 g/mol. The average molecular weight is 340 g/mol. The molecule has 0 saturated carbocycles. The summed E-state index contributed by atoms with van der Waals surface area (Å²) in [5, 5.41) is 5.92. The van der Waals surface area contributed by atoms with Crippen molar-refractivity contribution in [2.75, 3.05) is 7.11 Å². The number of hydrogen-bond acceptors (Lipinski definition) is 4. The first-order valence-corrected chi connectivity index (χ1v) is 7.79. The molecule has 4 aromatic rings. The number of methoxy groups -OCH3 is 1. The van der Waals surface area contributed by atoms with Gasteiger partial charge in [-0.2, -0.15) is 5.10 Å². The van der Waals surface area contributed by atoms with Crippen LogP contribution in [-0.4, -0.2) is 21.9 Å². The minimum Gasteiger partial charge on any atom is -0.497 e. The second-order valence-corrected chi connectivity index (χ2v) is 5.82. The summed E-state index contributed by atoms with van der Waals surface area (Å²) in [4.78, 5) is 4.06. The molecule has 6 heteroatoms. The van der Waals surface area contributed by atoms with E-state index in [4.69, 9.17) is 20.8 Å². The maximum atomic E-state index is 6.07. The third kappa shape index (κ3) is 2.63. The van der Waals surface area contributed by atoms with E-state index in [1.807, 2.05) is 48.5 Å². The second kappa shape index (κ2) is 6.02. The SMILES string of the molecule is COc1ccc(C(c2cc3cc(Cl)ccc3o2)n2cncn2)cc1. The Balaban J connectivity index is 1.84. The van der Waals surface area contributed by atoms with Crippen molar-refractivity contribution < 1.29 is 9.15 Å². The fraction of sp³-hybridized carbons (Fsp3) is 0.111. The van der Waals surface area contributed by atoms with Gasteiger partial charge in [-0.25, -0.2) is 9.67 Å². The molecule has 120 valence electrons. The van der Waals surface area contributed by atoms with Gasteiger partial charge in [0.25, 0.3) is 0 Å². The van der Waals surface area contributed by atoms with Crippen LogP contribution in [0.25, 0.3) is 11.0 Å². The number of benzene rings is 2. The Kier molecular flexibility index (Phi) is 3.70. The maximum absolute atomic E-state index is 6.07. The number of furan rings is 1. The van der Waals surface area contributed by atoms with E-state index in [0.717, 1.165) is 28.0 Å². The summed E-state index contributed by atoms with van der Waals surface area (Å²) in [7, 11) is 1.65. The molecule has 0 fully saturated rings. The van der Waals surface area contributed by atoms with Gasteiger partial charge in [0.05, 0.1) is 7.11 Å². The van der Waals surface area contributed by atoms with Crippen LogP contribution in [0.2, 0.25) is 5.02 Å². The van der Waals surface area contributed by atoms with Crippen LogP contribution >= 0.6 is 11.6 Å². The van der Waals surface area contributed by atoms with E-state index in [0.29, 0.717) is 5.02 Å². The average Bonchev–Trinajstić information content (AvgIpc) is 3.25. The zero-order chi connectivity index (χ0) is 16.5. The Labute approximate surface area is 143 Å². The van der Waals surface area contributed by atoms with Gasteiger partial charge in [-0.3, -0.25) is 0 Å². The summed E-state index contributed by atoms with van der Waals surface area (Å²) in [6.45, 7) is 0. The lowest BCUT2D eigenvalue weighted by Gasteiger charge is -2.15. The highest BCUT2D eigenvalue weighted by Gasteiger charge is 2.21. The fourth-order valence-corrected chi connectivity index (χ4v) is 2.93. The van der Waals surface area contributed by atoms with Crippen molar-refractivity contribution >= 4 is 22.6 Å². The van der Waals surface area contributed by atoms with Crippen molar-refractivity contribution in [2.45, 2.75) is 6.04 Å². The number of nitrogens with zero attached hydrogens (tertiary/aromatic N) is 3. The van der Waals surface area contributed by atoms with E-state index in [9.17, 15) is 0 Å². The number of halogens is 1. The summed E-state index contributed by atoms with van der Waals surface area (Å²) < 4.78 is 13.0. The van der Waals surface area contributed by atoms with Crippen molar-refractivity contribution in [2.24, 2.45) is 0 Å². The predicted molar refractivity (Wildman–Crippen MR) is 91.5 cm³/mol. The molecule has 0 aliphatic heterocycles. The highest BCUT2D eigenvalue weighted by molar-refractivity contribution is 6.31. The first-order chi connectivity index (χ1) is 11.7. The van der Waals surface area contributed by atoms with Crippen molar-refractivity contribution in [3.8, 4) is 5.75 Å². The van der Waals surface area contributed by atoms with Crippen LogP contribution in [0.5, 0.6) is 5.75 Å². The molecule has 1 unspecified atom stereocenters. The van der Waals surface area contributed by atoms with E-state index < -0.39 is 0 Å². The molecule has 2 heterocycles. The Morgan fingerprint density at radius 2 is 1.96 bits per heavy atom.